The number of rotatable bonds is 6. The summed E-state index contributed by atoms with van der Waals surface area (Å²) in [5.74, 6) is 0.0409. The van der Waals surface area contributed by atoms with E-state index in [0.717, 1.165) is 45.3 Å². The van der Waals surface area contributed by atoms with Crippen molar-refractivity contribution in [2.45, 2.75) is 64.1 Å². The highest BCUT2D eigenvalue weighted by Crippen LogP contribution is 2.16. The van der Waals surface area contributed by atoms with Gasteiger partial charge in [0.15, 0.2) is 0 Å². The molecule has 2 aliphatic heterocycles. The van der Waals surface area contributed by atoms with E-state index < -0.39 is 11.2 Å². The molecule has 2 atom stereocenters. The number of benzene rings is 1. The number of aromatic nitrogens is 2. The lowest BCUT2D eigenvalue weighted by Gasteiger charge is -2.41. The molecule has 4 rings (SSSR count). The second-order valence-electron chi connectivity index (χ2n) is 11.4. The lowest BCUT2D eigenvalue weighted by atomic mass is 10.0. The van der Waals surface area contributed by atoms with Gasteiger partial charge < -0.3 is 26.2 Å². The Kier molecular flexibility index (Phi) is 9.04. The number of hydrogen-bond acceptors (Lipinski definition) is 7. The van der Waals surface area contributed by atoms with Crippen LogP contribution in [0.5, 0.6) is 0 Å². The van der Waals surface area contributed by atoms with E-state index in [9.17, 15) is 14.4 Å². The molecule has 1 unspecified atom stereocenters. The van der Waals surface area contributed by atoms with Crippen molar-refractivity contribution in [1.29, 1.82) is 0 Å². The molecule has 1 aromatic heterocycles. The molecule has 0 aliphatic carbocycles. The van der Waals surface area contributed by atoms with Gasteiger partial charge in [-0.15, -0.1) is 0 Å². The summed E-state index contributed by atoms with van der Waals surface area (Å²) in [5.41, 5.74) is 12.5. The van der Waals surface area contributed by atoms with Gasteiger partial charge in [0.2, 0.25) is 5.91 Å². The second kappa shape index (κ2) is 12.3. The Hall–Kier alpha value is -3.28. The van der Waals surface area contributed by atoms with Gasteiger partial charge in [0.1, 0.15) is 5.82 Å². The number of nitrogens with one attached hydrogen (secondary N) is 1. The van der Waals surface area contributed by atoms with Crippen LogP contribution in [0.3, 0.4) is 0 Å². The van der Waals surface area contributed by atoms with Crippen LogP contribution in [0, 0.1) is 0 Å². The molecule has 2 aliphatic rings. The van der Waals surface area contributed by atoms with Gasteiger partial charge in [-0.2, -0.15) is 4.98 Å². The number of nitrogens with two attached hydrogens (primary N) is 2. The minimum atomic E-state index is -0.958. The van der Waals surface area contributed by atoms with Crippen LogP contribution < -0.4 is 22.5 Å². The Morgan fingerprint density at radius 3 is 2.49 bits per heavy atom. The van der Waals surface area contributed by atoms with E-state index in [1.807, 2.05) is 31.2 Å². The predicted molar refractivity (Wildman–Crippen MR) is 152 cm³/mol. The van der Waals surface area contributed by atoms with Crippen molar-refractivity contribution in [2.75, 3.05) is 44.6 Å². The molecular weight excluding hydrogens is 496 g/mol. The van der Waals surface area contributed by atoms with Crippen LogP contribution in [-0.4, -0.2) is 93.1 Å². The fraction of sp³-hybridized carbons (Fsp3) is 0.571. The molecule has 11 heteroatoms. The van der Waals surface area contributed by atoms with E-state index in [4.69, 9.17) is 11.5 Å². The largest absolute Gasteiger partial charge is 0.354 e. The maximum atomic E-state index is 12.9. The zero-order valence-electron chi connectivity index (χ0n) is 23.3. The first-order valence-electron chi connectivity index (χ1n) is 13.8. The van der Waals surface area contributed by atoms with Crippen molar-refractivity contribution in [1.82, 2.24) is 24.3 Å². The summed E-state index contributed by atoms with van der Waals surface area (Å²) in [5, 5.41) is 2.72. The van der Waals surface area contributed by atoms with Gasteiger partial charge >= 0.3 is 11.7 Å². The first-order chi connectivity index (χ1) is 18.5. The Bertz CT molecular complexity index is 1210. The maximum absolute atomic E-state index is 12.9. The number of nitrogens with zero attached hydrogens (tertiary/aromatic N) is 5. The number of hydrogen-bond donors (Lipinski definition) is 3. The molecule has 2 saturated heterocycles. The van der Waals surface area contributed by atoms with E-state index in [1.165, 1.54) is 10.1 Å². The molecule has 2 fully saturated rings. The Labute approximate surface area is 230 Å². The number of urea groups is 1. The summed E-state index contributed by atoms with van der Waals surface area (Å²) in [6, 6.07) is 9.28. The molecule has 2 aromatic rings. The van der Waals surface area contributed by atoms with E-state index in [-0.39, 0.29) is 23.8 Å². The fourth-order valence-electron chi connectivity index (χ4n) is 5.22. The van der Waals surface area contributed by atoms with Crippen molar-refractivity contribution in [2.24, 2.45) is 11.5 Å². The lowest BCUT2D eigenvalue weighted by Crippen LogP contribution is -2.61. The van der Waals surface area contributed by atoms with Gasteiger partial charge in [-0.1, -0.05) is 12.1 Å². The molecule has 3 heterocycles. The van der Waals surface area contributed by atoms with Gasteiger partial charge in [0, 0.05) is 44.5 Å². The quantitative estimate of drug-likeness (QED) is 0.504. The van der Waals surface area contributed by atoms with Crippen molar-refractivity contribution in [3.05, 3.63) is 52.6 Å². The molecule has 39 heavy (non-hydrogen) atoms. The first kappa shape index (κ1) is 28.7. The SMILES string of the molecule is C[C@@H]1CN(C(=O)C(C)(C)N)CCN1C(=O)Nc1ccn(-c2ccc(CCN3CCCC(N)CC3)cc2)c(=O)n1. The molecule has 212 valence electrons. The molecule has 0 saturated carbocycles. The minimum Gasteiger partial charge on any atom is -0.337 e. The van der Waals surface area contributed by atoms with Crippen LogP contribution >= 0.6 is 0 Å². The number of anilines is 1. The minimum absolute atomic E-state index is 0.143. The zero-order chi connectivity index (χ0) is 28.2. The summed E-state index contributed by atoms with van der Waals surface area (Å²) >= 11 is 0. The van der Waals surface area contributed by atoms with Crippen molar-refractivity contribution in [3.8, 4) is 5.69 Å². The zero-order valence-corrected chi connectivity index (χ0v) is 23.3. The number of piperazine rings is 1. The van der Waals surface area contributed by atoms with Crippen molar-refractivity contribution < 1.29 is 9.59 Å². The molecule has 0 radical (unpaired) electrons. The summed E-state index contributed by atoms with van der Waals surface area (Å²) in [4.78, 5) is 48.0. The summed E-state index contributed by atoms with van der Waals surface area (Å²) in [6.45, 7) is 9.52. The third kappa shape index (κ3) is 7.43. The van der Waals surface area contributed by atoms with Gasteiger partial charge in [0.05, 0.1) is 11.2 Å². The van der Waals surface area contributed by atoms with E-state index >= 15 is 0 Å². The van der Waals surface area contributed by atoms with Crippen LogP contribution in [0.4, 0.5) is 10.6 Å². The van der Waals surface area contributed by atoms with Crippen LogP contribution in [0.2, 0.25) is 0 Å². The third-order valence-electron chi connectivity index (χ3n) is 7.56. The maximum Gasteiger partial charge on any atom is 0.354 e. The number of likely N-dealkylation sites (tertiary alicyclic amines) is 1. The van der Waals surface area contributed by atoms with E-state index in [1.54, 1.807) is 35.9 Å². The topological polar surface area (TPSA) is 143 Å². The summed E-state index contributed by atoms with van der Waals surface area (Å²) in [7, 11) is 0. The van der Waals surface area contributed by atoms with Crippen LogP contribution in [0.25, 0.3) is 5.69 Å². The highest BCUT2D eigenvalue weighted by atomic mass is 16.2. The normalized spacial score (nSPS) is 20.9. The fourth-order valence-corrected chi connectivity index (χ4v) is 5.22. The highest BCUT2D eigenvalue weighted by Gasteiger charge is 2.34. The first-order valence-corrected chi connectivity index (χ1v) is 13.8. The van der Waals surface area contributed by atoms with Crippen molar-refractivity contribution >= 4 is 17.8 Å². The molecule has 11 nitrogen and oxygen atoms in total. The molecule has 0 spiro atoms. The summed E-state index contributed by atoms with van der Waals surface area (Å²) in [6.07, 6.45) is 5.86. The van der Waals surface area contributed by atoms with Crippen molar-refractivity contribution in [3.63, 3.8) is 0 Å². The lowest BCUT2D eigenvalue weighted by molar-refractivity contribution is -0.138. The van der Waals surface area contributed by atoms with Crippen LogP contribution in [-0.2, 0) is 11.2 Å². The molecule has 1 aromatic carbocycles. The second-order valence-corrected chi connectivity index (χ2v) is 11.4. The smallest absolute Gasteiger partial charge is 0.337 e. The predicted octanol–water partition coefficient (Wildman–Crippen LogP) is 1.39. The Morgan fingerprint density at radius 2 is 1.82 bits per heavy atom. The average molecular weight is 539 g/mol. The van der Waals surface area contributed by atoms with E-state index in [2.05, 4.69) is 15.2 Å². The van der Waals surface area contributed by atoms with Gasteiger partial charge in [0.25, 0.3) is 0 Å². The summed E-state index contributed by atoms with van der Waals surface area (Å²) < 4.78 is 1.46. The molecule has 3 amide bonds. The molecular formula is C28H42N8O3. The Balaban J connectivity index is 1.32. The number of carbonyl (C=O) groups excluding carboxylic acids is 2. The van der Waals surface area contributed by atoms with Crippen LogP contribution in [0.15, 0.2) is 41.3 Å². The average Bonchev–Trinajstić information content (AvgIpc) is 3.10. The van der Waals surface area contributed by atoms with Gasteiger partial charge in [-0.3, -0.25) is 14.7 Å². The molecule has 0 bridgehead atoms. The Morgan fingerprint density at radius 1 is 1.08 bits per heavy atom. The number of carbonyl (C=O) groups is 2. The third-order valence-corrected chi connectivity index (χ3v) is 7.56. The van der Waals surface area contributed by atoms with Crippen LogP contribution in [0.1, 0.15) is 45.6 Å². The highest BCUT2D eigenvalue weighted by molar-refractivity contribution is 5.89. The number of amides is 3. The van der Waals surface area contributed by atoms with Gasteiger partial charge in [-0.25, -0.2) is 9.59 Å². The monoisotopic (exact) mass is 538 g/mol. The molecule has 5 N–H and O–H groups in total. The van der Waals surface area contributed by atoms with Gasteiger partial charge in [-0.05, 0) is 83.3 Å². The standard InChI is InChI=1S/C28H42N8O3/c1-20-19-34(25(37)28(2,3)30)17-18-35(20)26(38)31-24-12-16-36(27(39)32-24)23-8-6-21(7-9-23)10-14-33-13-4-5-22(29)11-15-33/h6-9,12,16,20,22H,4-5,10-11,13-15,17-19,29-30H2,1-3H3,(H,31,32,38,39)/t20-,22?/m1/s1. The van der Waals surface area contributed by atoms with E-state index in [0.29, 0.717) is 31.4 Å².